The smallest absolute Gasteiger partial charge is 0.412 e. The summed E-state index contributed by atoms with van der Waals surface area (Å²) < 4.78 is 60.6. The summed E-state index contributed by atoms with van der Waals surface area (Å²) >= 11 is 0. The molecule has 3 aliphatic carbocycles. The van der Waals surface area contributed by atoms with Crippen molar-refractivity contribution in [2.24, 2.45) is 17.8 Å². The average Bonchev–Trinajstić information content (AvgIpc) is 3.53. The molecule has 0 amide bonds. The van der Waals surface area contributed by atoms with E-state index in [2.05, 4.69) is 10.6 Å². The molecule has 6 rings (SSSR count). The summed E-state index contributed by atoms with van der Waals surface area (Å²) in [7, 11) is 0. The van der Waals surface area contributed by atoms with Crippen molar-refractivity contribution in [2.45, 2.75) is 96.4 Å². The third-order valence-corrected chi connectivity index (χ3v) is 8.86. The highest BCUT2D eigenvalue weighted by Crippen LogP contribution is 2.50. The van der Waals surface area contributed by atoms with Crippen molar-refractivity contribution < 1.29 is 32.2 Å². The molecule has 224 valence electrons. The molecule has 2 aromatic rings. The first-order valence-electron chi connectivity index (χ1n) is 14.7. The lowest BCUT2D eigenvalue weighted by Gasteiger charge is -2.31. The van der Waals surface area contributed by atoms with Crippen LogP contribution in [0.1, 0.15) is 76.3 Å². The molecule has 11 heteroatoms. The third kappa shape index (κ3) is 5.60. The molecule has 8 nitrogen and oxygen atoms in total. The normalized spacial score (nSPS) is 29.1. The highest BCUT2D eigenvalue weighted by Gasteiger charge is 2.60. The first-order chi connectivity index (χ1) is 19.4. The molecule has 0 spiro atoms. The SMILES string of the molecule is CCC1CC(C(F)(F)F)=Cc2cc(-c3c(C)nc(NCC4CC4)nc3NC34CCC(CO)C3OC(C)(C)O4)oc2C1. The molecule has 0 radical (unpaired) electrons. The minimum atomic E-state index is -4.40. The molecule has 3 heterocycles. The molecule has 4 atom stereocenters. The Balaban J connectivity index is 1.43. The molecule has 3 fully saturated rings. The second kappa shape index (κ2) is 10.3. The number of hydrogen-bond donors (Lipinski definition) is 3. The minimum Gasteiger partial charge on any atom is -0.460 e. The van der Waals surface area contributed by atoms with Gasteiger partial charge in [-0.1, -0.05) is 13.3 Å². The fourth-order valence-corrected chi connectivity index (χ4v) is 6.51. The summed E-state index contributed by atoms with van der Waals surface area (Å²) in [6.07, 6.45) is 1.05. The van der Waals surface area contributed by atoms with Gasteiger partial charge in [0, 0.05) is 36.6 Å². The Morgan fingerprint density at radius 2 is 1.90 bits per heavy atom. The van der Waals surface area contributed by atoms with E-state index in [0.29, 0.717) is 71.7 Å². The molecule has 2 saturated carbocycles. The first-order valence-corrected chi connectivity index (χ1v) is 14.7. The third-order valence-electron chi connectivity index (χ3n) is 8.86. The van der Waals surface area contributed by atoms with Crippen LogP contribution in [0, 0.1) is 24.7 Å². The van der Waals surface area contributed by atoms with Gasteiger partial charge in [0.25, 0.3) is 0 Å². The zero-order valence-electron chi connectivity index (χ0n) is 24.0. The van der Waals surface area contributed by atoms with Gasteiger partial charge in [-0.25, -0.2) is 4.98 Å². The van der Waals surface area contributed by atoms with Crippen molar-refractivity contribution in [3.8, 4) is 11.3 Å². The maximum atomic E-state index is 13.9. The van der Waals surface area contributed by atoms with Crippen LogP contribution in [0.15, 0.2) is 16.1 Å². The van der Waals surface area contributed by atoms with Crippen LogP contribution < -0.4 is 10.6 Å². The van der Waals surface area contributed by atoms with Crippen LogP contribution in [0.5, 0.6) is 0 Å². The van der Waals surface area contributed by atoms with E-state index in [0.717, 1.165) is 6.54 Å². The first kappa shape index (κ1) is 28.5. The van der Waals surface area contributed by atoms with E-state index >= 15 is 0 Å². The summed E-state index contributed by atoms with van der Waals surface area (Å²) in [6, 6.07) is 1.67. The molecule has 1 aliphatic heterocycles. The molecular weight excluding hydrogens is 537 g/mol. The van der Waals surface area contributed by atoms with Gasteiger partial charge < -0.3 is 29.6 Å². The highest BCUT2D eigenvalue weighted by molar-refractivity contribution is 5.77. The van der Waals surface area contributed by atoms with Crippen molar-refractivity contribution in [1.82, 2.24) is 9.97 Å². The molecule has 0 aromatic carbocycles. The monoisotopic (exact) mass is 576 g/mol. The predicted octanol–water partition coefficient (Wildman–Crippen LogP) is 6.45. The number of aliphatic hydroxyl groups excluding tert-OH is 1. The Morgan fingerprint density at radius 3 is 2.59 bits per heavy atom. The standard InChI is InChI=1S/C30H39F3N4O4/c1-5-17-10-21(30(31,32)33)12-20-13-23(39-22(20)11-17)24-16(2)35-27(34-14-18-6-7-18)36-26(24)37-29-9-8-19(15-38)25(29)40-28(3,4)41-29/h12-13,17-19,25,38H,5-11,14-15H2,1-4H3,(H2,34,35,36,37). The molecule has 3 N–H and O–H groups in total. The number of allylic oxidation sites excluding steroid dienone is 1. The maximum Gasteiger partial charge on any atom is 0.412 e. The van der Waals surface area contributed by atoms with E-state index in [4.69, 9.17) is 23.9 Å². The number of rotatable bonds is 8. The number of anilines is 2. The number of fused-ring (bicyclic) bond motifs is 2. The van der Waals surface area contributed by atoms with E-state index < -0.39 is 29.4 Å². The van der Waals surface area contributed by atoms with Crippen molar-refractivity contribution >= 4 is 17.8 Å². The molecular formula is C30H39F3N4O4. The number of halogens is 3. The van der Waals surface area contributed by atoms with E-state index in [1.165, 1.54) is 18.9 Å². The van der Waals surface area contributed by atoms with Crippen molar-refractivity contribution in [3.05, 3.63) is 28.7 Å². The maximum absolute atomic E-state index is 13.9. The van der Waals surface area contributed by atoms with Gasteiger partial charge in [-0.05, 0) is 76.9 Å². The van der Waals surface area contributed by atoms with Gasteiger partial charge >= 0.3 is 6.18 Å². The molecule has 1 saturated heterocycles. The number of hydrogen-bond acceptors (Lipinski definition) is 8. The van der Waals surface area contributed by atoms with Crippen LogP contribution in [-0.4, -0.2) is 52.0 Å². The zero-order chi connectivity index (χ0) is 29.2. The Morgan fingerprint density at radius 1 is 1.12 bits per heavy atom. The summed E-state index contributed by atoms with van der Waals surface area (Å²) in [5, 5.41) is 16.9. The van der Waals surface area contributed by atoms with E-state index in [9.17, 15) is 18.3 Å². The van der Waals surface area contributed by atoms with Crippen LogP contribution in [0.3, 0.4) is 0 Å². The summed E-state index contributed by atoms with van der Waals surface area (Å²) in [5.41, 5.74) is 0.144. The van der Waals surface area contributed by atoms with Crippen LogP contribution >= 0.6 is 0 Å². The lowest BCUT2D eigenvalue weighted by molar-refractivity contribution is -0.168. The van der Waals surface area contributed by atoms with Crippen LogP contribution in [0.4, 0.5) is 24.9 Å². The second-order valence-electron chi connectivity index (χ2n) is 12.6. The van der Waals surface area contributed by atoms with Gasteiger partial charge in [-0.3, -0.25) is 0 Å². The number of nitrogens with zero attached hydrogens (tertiary/aromatic N) is 2. The van der Waals surface area contributed by atoms with Gasteiger partial charge in [0.1, 0.15) is 23.4 Å². The number of nitrogens with one attached hydrogen (secondary N) is 2. The fraction of sp³-hybridized carbons (Fsp3) is 0.667. The van der Waals surface area contributed by atoms with Gasteiger partial charge in [0.2, 0.25) is 5.95 Å². The quantitative estimate of drug-likeness (QED) is 0.330. The Kier molecular flexibility index (Phi) is 7.14. The largest absolute Gasteiger partial charge is 0.460 e. The Bertz CT molecular complexity index is 1340. The van der Waals surface area contributed by atoms with Crippen LogP contribution in [0.2, 0.25) is 0 Å². The van der Waals surface area contributed by atoms with Crippen molar-refractivity contribution in [3.63, 3.8) is 0 Å². The van der Waals surface area contributed by atoms with Gasteiger partial charge in [-0.15, -0.1) is 0 Å². The summed E-state index contributed by atoms with van der Waals surface area (Å²) in [6.45, 7) is 8.17. The lowest BCUT2D eigenvalue weighted by Crippen LogP contribution is -2.46. The van der Waals surface area contributed by atoms with Gasteiger partial charge in [0.05, 0.1) is 11.3 Å². The van der Waals surface area contributed by atoms with Crippen molar-refractivity contribution in [2.75, 3.05) is 23.8 Å². The summed E-state index contributed by atoms with van der Waals surface area (Å²) in [5.74, 6) is 1.29. The number of aromatic nitrogens is 2. The Labute approximate surface area is 238 Å². The molecule has 4 unspecified atom stereocenters. The van der Waals surface area contributed by atoms with E-state index in [-0.39, 0.29) is 24.9 Å². The van der Waals surface area contributed by atoms with Gasteiger partial charge in [-0.2, -0.15) is 18.2 Å². The number of furan rings is 1. The average molecular weight is 577 g/mol. The summed E-state index contributed by atoms with van der Waals surface area (Å²) in [4.78, 5) is 9.56. The second-order valence-corrected chi connectivity index (χ2v) is 12.6. The molecule has 4 aliphatic rings. The number of ether oxygens (including phenoxy) is 2. The van der Waals surface area contributed by atoms with E-state index in [1.54, 1.807) is 6.07 Å². The lowest BCUT2D eigenvalue weighted by atomic mass is 9.94. The van der Waals surface area contributed by atoms with E-state index in [1.807, 2.05) is 27.7 Å². The number of alkyl halides is 3. The van der Waals surface area contributed by atoms with Crippen LogP contribution in [0.25, 0.3) is 17.4 Å². The number of aryl methyl sites for hydroxylation is 1. The molecule has 0 bridgehead atoms. The topological polar surface area (TPSA) is 102 Å². The highest BCUT2D eigenvalue weighted by atomic mass is 19.4. The fourth-order valence-electron chi connectivity index (χ4n) is 6.51. The zero-order valence-corrected chi connectivity index (χ0v) is 24.0. The predicted molar refractivity (Wildman–Crippen MR) is 148 cm³/mol. The Hall–Kier alpha value is -2.63. The van der Waals surface area contributed by atoms with Crippen molar-refractivity contribution in [1.29, 1.82) is 0 Å². The minimum absolute atomic E-state index is 0.0289. The van der Waals surface area contributed by atoms with Gasteiger partial charge in [0.15, 0.2) is 11.5 Å². The van der Waals surface area contributed by atoms with Crippen LogP contribution in [-0.2, 0) is 15.9 Å². The molecule has 41 heavy (non-hydrogen) atoms. The molecule has 2 aromatic heterocycles. The number of aliphatic hydroxyl groups is 1.